The minimum absolute atomic E-state index is 0.0201. The predicted octanol–water partition coefficient (Wildman–Crippen LogP) is 3.11. The van der Waals surface area contributed by atoms with E-state index in [4.69, 9.17) is 4.74 Å². The fourth-order valence-electron chi connectivity index (χ4n) is 3.05. The van der Waals surface area contributed by atoms with Gasteiger partial charge in [-0.25, -0.2) is 9.78 Å². The van der Waals surface area contributed by atoms with E-state index in [1.54, 1.807) is 30.3 Å². The zero-order valence-corrected chi connectivity index (χ0v) is 17.0. The average Bonchev–Trinajstić information content (AvgIpc) is 2.77. The first-order chi connectivity index (χ1) is 15.2. The monoisotopic (exact) mass is 448 g/mol. The highest BCUT2D eigenvalue weighted by Gasteiger charge is 2.31. The molecule has 0 bridgehead atoms. The third-order valence-electron chi connectivity index (χ3n) is 4.67. The molecule has 0 aliphatic heterocycles. The number of hydrogen-bond acceptors (Lipinski definition) is 6. The van der Waals surface area contributed by atoms with Crippen molar-refractivity contribution in [3.05, 3.63) is 75.7 Å². The predicted molar refractivity (Wildman–Crippen MR) is 108 cm³/mol. The Bertz CT molecular complexity index is 1190. The minimum atomic E-state index is -4.58. The maximum Gasteiger partial charge on any atom is 0.416 e. The van der Waals surface area contributed by atoms with E-state index < -0.39 is 35.8 Å². The van der Waals surface area contributed by atoms with Crippen molar-refractivity contribution in [1.29, 1.82) is 0 Å². The molecule has 1 heterocycles. The molecule has 0 fully saturated rings. The van der Waals surface area contributed by atoms with Gasteiger partial charge in [0.25, 0.3) is 5.56 Å². The van der Waals surface area contributed by atoms with Crippen LogP contribution in [0.3, 0.4) is 0 Å². The van der Waals surface area contributed by atoms with Crippen LogP contribution in [0.5, 0.6) is 0 Å². The smallest absolute Gasteiger partial charge is 0.416 e. The highest BCUT2D eigenvalue weighted by molar-refractivity contribution is 5.77. The van der Waals surface area contributed by atoms with Gasteiger partial charge in [-0.15, -0.1) is 0 Å². The van der Waals surface area contributed by atoms with Gasteiger partial charge in [-0.1, -0.05) is 30.3 Å². The second-order valence-electron chi connectivity index (χ2n) is 6.87. The van der Waals surface area contributed by atoms with E-state index in [0.29, 0.717) is 0 Å². The van der Waals surface area contributed by atoms with Crippen molar-refractivity contribution < 1.29 is 32.2 Å². The first-order valence-electron chi connectivity index (χ1n) is 9.56. The molecule has 0 atom stereocenters. The van der Waals surface area contributed by atoms with Crippen LogP contribution in [0, 0.1) is 0 Å². The number of methoxy groups -OCH3 is 1. The molecule has 3 rings (SSSR count). The van der Waals surface area contributed by atoms with Crippen LogP contribution in [0.25, 0.3) is 11.0 Å². The van der Waals surface area contributed by atoms with Gasteiger partial charge in [0.2, 0.25) is 0 Å². The molecule has 1 aromatic heterocycles. The zero-order valence-electron chi connectivity index (χ0n) is 17.0. The van der Waals surface area contributed by atoms with Crippen LogP contribution in [0.4, 0.5) is 13.2 Å². The molecule has 0 aliphatic rings. The quantitative estimate of drug-likeness (QED) is 0.516. The van der Waals surface area contributed by atoms with Crippen molar-refractivity contribution in [1.82, 2.24) is 9.55 Å². The second kappa shape index (κ2) is 9.63. The van der Waals surface area contributed by atoms with Crippen LogP contribution in [-0.4, -0.2) is 35.2 Å². The van der Waals surface area contributed by atoms with Gasteiger partial charge in [0.05, 0.1) is 36.7 Å². The molecule has 0 amide bonds. The maximum atomic E-state index is 13.2. The SMILES string of the molecule is COC(=O)COC(=O)CCc1nc2cc(C(F)(F)F)ccc2n(Cc2ccccc2)c1=O. The Labute approximate surface area is 180 Å². The molecule has 7 nitrogen and oxygen atoms in total. The lowest BCUT2D eigenvalue weighted by Crippen LogP contribution is -2.27. The Morgan fingerprint density at radius 2 is 1.78 bits per heavy atom. The molecule has 10 heteroatoms. The normalized spacial score (nSPS) is 11.4. The largest absolute Gasteiger partial charge is 0.466 e. The summed E-state index contributed by atoms with van der Waals surface area (Å²) < 4.78 is 50.0. The Morgan fingerprint density at radius 3 is 2.44 bits per heavy atom. The standard InChI is InChI=1S/C22H19F3N2O5/c1-31-20(29)13-32-19(28)10-8-16-21(30)27(12-14-5-3-2-4-6-14)18-9-7-15(22(23,24)25)11-17(18)26-16/h2-7,9,11H,8,10,12-13H2,1H3. The van der Waals surface area contributed by atoms with E-state index >= 15 is 0 Å². The summed E-state index contributed by atoms with van der Waals surface area (Å²) in [6.07, 6.45) is -5.02. The average molecular weight is 448 g/mol. The molecule has 0 spiro atoms. The molecule has 3 aromatic rings. The molecule has 0 radical (unpaired) electrons. The molecule has 0 aliphatic carbocycles. The van der Waals surface area contributed by atoms with E-state index in [1.165, 1.54) is 10.6 Å². The van der Waals surface area contributed by atoms with Crippen molar-refractivity contribution in [3.8, 4) is 0 Å². The van der Waals surface area contributed by atoms with Crippen LogP contribution in [0.15, 0.2) is 53.3 Å². The first kappa shape index (κ1) is 23.0. The lowest BCUT2D eigenvalue weighted by Gasteiger charge is -2.14. The number of alkyl halides is 3. The molecular weight excluding hydrogens is 429 g/mol. The van der Waals surface area contributed by atoms with Crippen LogP contribution in [-0.2, 0) is 38.2 Å². The summed E-state index contributed by atoms with van der Waals surface area (Å²) in [5.41, 5.74) is -0.516. The van der Waals surface area contributed by atoms with Crippen LogP contribution in [0.1, 0.15) is 23.2 Å². The van der Waals surface area contributed by atoms with Crippen molar-refractivity contribution in [2.75, 3.05) is 13.7 Å². The van der Waals surface area contributed by atoms with E-state index in [-0.39, 0.29) is 36.1 Å². The van der Waals surface area contributed by atoms with E-state index in [2.05, 4.69) is 9.72 Å². The number of aromatic nitrogens is 2. The Balaban J connectivity index is 1.97. The van der Waals surface area contributed by atoms with Crippen molar-refractivity contribution in [3.63, 3.8) is 0 Å². The van der Waals surface area contributed by atoms with Gasteiger partial charge in [-0.2, -0.15) is 13.2 Å². The number of nitrogens with zero attached hydrogens (tertiary/aromatic N) is 2. The van der Waals surface area contributed by atoms with Gasteiger partial charge in [-0.05, 0) is 23.8 Å². The number of fused-ring (bicyclic) bond motifs is 1. The molecule has 0 saturated carbocycles. The van der Waals surface area contributed by atoms with E-state index in [9.17, 15) is 27.6 Å². The van der Waals surface area contributed by atoms with Crippen molar-refractivity contribution >= 4 is 23.0 Å². The second-order valence-corrected chi connectivity index (χ2v) is 6.87. The number of benzene rings is 2. The van der Waals surface area contributed by atoms with Crippen molar-refractivity contribution in [2.45, 2.75) is 25.6 Å². The Hall–Kier alpha value is -3.69. The Kier molecular flexibility index (Phi) is 6.92. The summed E-state index contributed by atoms with van der Waals surface area (Å²) in [5.74, 6) is -1.51. The van der Waals surface area contributed by atoms with Gasteiger partial charge in [0.1, 0.15) is 5.69 Å². The molecule has 168 valence electrons. The van der Waals surface area contributed by atoms with Gasteiger partial charge < -0.3 is 14.0 Å². The lowest BCUT2D eigenvalue weighted by molar-refractivity contribution is -0.156. The number of carbonyl (C=O) groups excluding carboxylic acids is 2. The molecule has 0 saturated heterocycles. The van der Waals surface area contributed by atoms with Crippen LogP contribution >= 0.6 is 0 Å². The molecule has 32 heavy (non-hydrogen) atoms. The third kappa shape index (κ3) is 5.51. The zero-order chi connectivity index (χ0) is 23.3. The summed E-state index contributed by atoms with van der Waals surface area (Å²) in [5, 5.41) is 0. The van der Waals surface area contributed by atoms with Crippen LogP contribution in [0.2, 0.25) is 0 Å². The van der Waals surface area contributed by atoms with Gasteiger partial charge in [0.15, 0.2) is 6.61 Å². The summed E-state index contributed by atoms with van der Waals surface area (Å²) in [6.45, 7) is -0.461. The maximum absolute atomic E-state index is 13.2. The lowest BCUT2D eigenvalue weighted by atomic mass is 10.1. The van der Waals surface area contributed by atoms with E-state index in [0.717, 1.165) is 24.8 Å². The molecule has 2 aromatic carbocycles. The number of aryl methyl sites for hydroxylation is 1. The van der Waals surface area contributed by atoms with Crippen molar-refractivity contribution in [2.24, 2.45) is 0 Å². The summed E-state index contributed by atoms with van der Waals surface area (Å²) >= 11 is 0. The molecule has 0 unspecified atom stereocenters. The number of ether oxygens (including phenoxy) is 2. The van der Waals surface area contributed by atoms with Crippen LogP contribution < -0.4 is 5.56 Å². The minimum Gasteiger partial charge on any atom is -0.466 e. The molecular formula is C22H19F3N2O5. The highest BCUT2D eigenvalue weighted by atomic mass is 19.4. The third-order valence-corrected chi connectivity index (χ3v) is 4.67. The summed E-state index contributed by atoms with van der Waals surface area (Å²) in [7, 11) is 1.14. The van der Waals surface area contributed by atoms with Gasteiger partial charge in [-0.3, -0.25) is 9.59 Å². The topological polar surface area (TPSA) is 87.5 Å². The fraction of sp³-hybridized carbons (Fsp3) is 0.273. The number of hydrogen-bond donors (Lipinski definition) is 0. The summed E-state index contributed by atoms with van der Waals surface area (Å²) in [4.78, 5) is 40.1. The van der Waals surface area contributed by atoms with Gasteiger partial charge >= 0.3 is 18.1 Å². The number of carbonyl (C=O) groups is 2. The fourth-order valence-corrected chi connectivity index (χ4v) is 3.05. The van der Waals surface area contributed by atoms with E-state index in [1.807, 2.05) is 0 Å². The first-order valence-corrected chi connectivity index (χ1v) is 9.56. The number of esters is 2. The number of rotatable bonds is 7. The number of halogens is 3. The molecule has 0 N–H and O–H groups in total. The summed E-state index contributed by atoms with van der Waals surface area (Å²) in [6, 6.07) is 11.9. The highest BCUT2D eigenvalue weighted by Crippen LogP contribution is 2.31. The van der Waals surface area contributed by atoms with Gasteiger partial charge in [0, 0.05) is 6.42 Å². The Morgan fingerprint density at radius 1 is 1.06 bits per heavy atom.